The molecule has 4 nitrogen and oxygen atoms in total. The Hall–Kier alpha value is -0.910. The van der Waals surface area contributed by atoms with Gasteiger partial charge < -0.3 is 5.11 Å². The molecule has 3 N–H and O–H groups in total. The summed E-state index contributed by atoms with van der Waals surface area (Å²) in [5.41, 5.74) is 2.58. The molecule has 0 radical (unpaired) electrons. The van der Waals surface area contributed by atoms with Gasteiger partial charge in [-0.25, -0.2) is 10.8 Å². The molecule has 3 rings (SSSR count). The molecule has 0 saturated carbocycles. The first-order valence-electron chi connectivity index (χ1n) is 7.20. The van der Waals surface area contributed by atoms with Crippen LogP contribution in [0.4, 0.5) is 5.00 Å². The lowest BCUT2D eigenvalue weighted by Gasteiger charge is -2.34. The average molecular weight is 293 g/mol. The molecule has 0 spiro atoms. The van der Waals surface area contributed by atoms with E-state index < -0.39 is 6.23 Å². The maximum Gasteiger partial charge on any atom is 0.171 e. The van der Waals surface area contributed by atoms with Crippen molar-refractivity contribution in [2.45, 2.75) is 53.2 Å². The van der Waals surface area contributed by atoms with Gasteiger partial charge in [-0.1, -0.05) is 20.8 Å². The Morgan fingerprint density at radius 1 is 1.40 bits per heavy atom. The maximum absolute atomic E-state index is 10.4. The molecule has 1 aromatic rings. The summed E-state index contributed by atoms with van der Waals surface area (Å²) in [7, 11) is 0. The molecule has 0 saturated heterocycles. The van der Waals surface area contributed by atoms with Crippen molar-refractivity contribution in [1.29, 1.82) is 0 Å². The molecule has 20 heavy (non-hydrogen) atoms. The zero-order chi connectivity index (χ0) is 14.7. The molecular weight excluding hydrogens is 270 g/mol. The highest BCUT2D eigenvalue weighted by molar-refractivity contribution is 7.16. The zero-order valence-corrected chi connectivity index (χ0v) is 13.4. The van der Waals surface area contributed by atoms with E-state index in [9.17, 15) is 5.11 Å². The van der Waals surface area contributed by atoms with Crippen molar-refractivity contribution in [2.75, 3.05) is 0 Å². The van der Waals surface area contributed by atoms with E-state index in [1.165, 1.54) is 21.9 Å². The molecule has 1 aromatic heterocycles. The van der Waals surface area contributed by atoms with E-state index in [1.54, 1.807) is 11.3 Å². The van der Waals surface area contributed by atoms with Crippen LogP contribution in [0.2, 0.25) is 0 Å². The highest BCUT2D eigenvalue weighted by atomic mass is 32.1. The van der Waals surface area contributed by atoms with Crippen molar-refractivity contribution < 1.29 is 5.11 Å². The molecule has 0 fully saturated rings. The highest BCUT2D eigenvalue weighted by Gasteiger charge is 2.36. The van der Waals surface area contributed by atoms with E-state index in [0.29, 0.717) is 17.2 Å². The largest absolute Gasteiger partial charge is 0.368 e. The van der Waals surface area contributed by atoms with Crippen molar-refractivity contribution in [1.82, 2.24) is 5.01 Å². The first-order valence-corrected chi connectivity index (χ1v) is 8.02. The molecule has 110 valence electrons. The van der Waals surface area contributed by atoms with Gasteiger partial charge in [-0.05, 0) is 43.1 Å². The van der Waals surface area contributed by atoms with Crippen LogP contribution in [-0.2, 0) is 12.8 Å². The topological polar surface area (TPSA) is 61.9 Å². The van der Waals surface area contributed by atoms with Crippen LogP contribution in [0.15, 0.2) is 4.99 Å². The molecule has 0 amide bonds. The summed E-state index contributed by atoms with van der Waals surface area (Å²) >= 11 is 1.74. The third kappa shape index (κ3) is 2.08. The zero-order valence-electron chi connectivity index (χ0n) is 12.6. The molecule has 0 aromatic carbocycles. The minimum absolute atomic E-state index is 0.333. The summed E-state index contributed by atoms with van der Waals surface area (Å²) < 4.78 is 0. The number of amidine groups is 1. The van der Waals surface area contributed by atoms with Crippen LogP contribution in [0.3, 0.4) is 0 Å². The van der Waals surface area contributed by atoms with Crippen molar-refractivity contribution in [3.63, 3.8) is 0 Å². The highest BCUT2D eigenvalue weighted by Crippen LogP contribution is 2.48. The summed E-state index contributed by atoms with van der Waals surface area (Å²) in [5, 5.41) is 12.7. The monoisotopic (exact) mass is 293 g/mol. The van der Waals surface area contributed by atoms with Crippen LogP contribution >= 0.6 is 11.3 Å². The second-order valence-electron chi connectivity index (χ2n) is 6.97. The van der Waals surface area contributed by atoms with Crippen molar-refractivity contribution in [2.24, 2.45) is 22.2 Å². The molecule has 2 heterocycles. The predicted octanol–water partition coefficient (Wildman–Crippen LogP) is 3.13. The first kappa shape index (κ1) is 14.0. The average Bonchev–Trinajstić information content (AvgIpc) is 2.71. The van der Waals surface area contributed by atoms with Crippen LogP contribution < -0.4 is 5.84 Å². The fourth-order valence-corrected chi connectivity index (χ4v) is 4.57. The lowest BCUT2D eigenvalue weighted by molar-refractivity contribution is 0.0492. The molecule has 1 aliphatic carbocycles. The van der Waals surface area contributed by atoms with E-state index in [2.05, 4.69) is 25.8 Å². The van der Waals surface area contributed by atoms with E-state index in [1.807, 2.05) is 6.92 Å². The Balaban J connectivity index is 2.01. The van der Waals surface area contributed by atoms with E-state index >= 15 is 0 Å². The van der Waals surface area contributed by atoms with Gasteiger partial charge in [-0.15, -0.1) is 11.3 Å². The number of thiophene rings is 1. The number of aliphatic hydroxyl groups excluding tert-OH is 1. The van der Waals surface area contributed by atoms with Gasteiger partial charge in [0.25, 0.3) is 0 Å². The van der Waals surface area contributed by atoms with Gasteiger partial charge >= 0.3 is 0 Å². The Morgan fingerprint density at radius 3 is 2.75 bits per heavy atom. The normalized spacial score (nSPS) is 26.1. The van der Waals surface area contributed by atoms with Crippen LogP contribution in [0.5, 0.6) is 0 Å². The number of hydrogen-bond acceptors (Lipinski definition) is 5. The van der Waals surface area contributed by atoms with Crippen LogP contribution in [0.25, 0.3) is 0 Å². The SMILES string of the molecule is CC1=Nc2sc3c(c2[C@@H](O)N1N)CC[C@@H](C(C)(C)C)C3. The fourth-order valence-electron chi connectivity index (χ4n) is 3.21. The number of nitrogens with zero attached hydrogens (tertiary/aromatic N) is 2. The second-order valence-corrected chi connectivity index (χ2v) is 8.05. The van der Waals surface area contributed by atoms with E-state index in [-0.39, 0.29) is 0 Å². The minimum atomic E-state index is -0.742. The lowest BCUT2D eigenvalue weighted by atomic mass is 9.72. The van der Waals surface area contributed by atoms with Gasteiger partial charge in [0.15, 0.2) is 6.23 Å². The number of rotatable bonds is 0. The summed E-state index contributed by atoms with van der Waals surface area (Å²) in [6.07, 6.45) is 2.57. The number of fused-ring (bicyclic) bond motifs is 3. The van der Waals surface area contributed by atoms with Gasteiger partial charge in [0.2, 0.25) is 0 Å². The van der Waals surface area contributed by atoms with Crippen LogP contribution in [0.1, 0.15) is 56.3 Å². The molecule has 0 unspecified atom stereocenters. The Bertz CT molecular complexity index is 570. The van der Waals surface area contributed by atoms with Crippen molar-refractivity contribution in [3.8, 4) is 0 Å². The fraction of sp³-hybridized carbons (Fsp3) is 0.667. The number of aliphatic imine (C=N–C) groups is 1. The summed E-state index contributed by atoms with van der Waals surface area (Å²) in [5.74, 6) is 7.26. The molecule has 1 aliphatic heterocycles. The third-order valence-electron chi connectivity index (χ3n) is 4.67. The van der Waals surface area contributed by atoms with Gasteiger partial charge in [-0.2, -0.15) is 0 Å². The lowest BCUT2D eigenvalue weighted by Crippen LogP contribution is -2.41. The van der Waals surface area contributed by atoms with Gasteiger partial charge in [-0.3, -0.25) is 5.01 Å². The quantitative estimate of drug-likeness (QED) is 0.722. The Labute approximate surface area is 124 Å². The summed E-state index contributed by atoms with van der Waals surface area (Å²) in [6.45, 7) is 8.78. The second kappa shape index (κ2) is 4.55. The Kier molecular flexibility index (Phi) is 3.19. The minimum Gasteiger partial charge on any atom is -0.368 e. The smallest absolute Gasteiger partial charge is 0.171 e. The number of hydrogen-bond donors (Lipinski definition) is 2. The van der Waals surface area contributed by atoms with Crippen molar-refractivity contribution >= 4 is 22.2 Å². The summed E-state index contributed by atoms with van der Waals surface area (Å²) in [6, 6.07) is 0. The predicted molar refractivity (Wildman–Crippen MR) is 83.0 cm³/mol. The maximum atomic E-state index is 10.4. The molecule has 5 heteroatoms. The third-order valence-corrected chi connectivity index (χ3v) is 5.83. The number of aliphatic hydroxyl groups is 1. The van der Waals surface area contributed by atoms with Crippen molar-refractivity contribution in [3.05, 3.63) is 16.0 Å². The van der Waals surface area contributed by atoms with Crippen LogP contribution in [-0.4, -0.2) is 16.0 Å². The molecule has 0 bridgehead atoms. The van der Waals surface area contributed by atoms with Gasteiger partial charge in [0.05, 0.1) is 0 Å². The van der Waals surface area contributed by atoms with E-state index in [0.717, 1.165) is 23.4 Å². The van der Waals surface area contributed by atoms with E-state index in [4.69, 9.17) is 5.84 Å². The molecule has 2 aliphatic rings. The summed E-state index contributed by atoms with van der Waals surface area (Å²) in [4.78, 5) is 5.94. The molecule has 2 atom stereocenters. The standard InChI is InChI=1S/C15H23N3OS/c1-8-17-13-12(14(19)18(8)16)10-6-5-9(15(2,3)4)7-11(10)20-13/h9,14,19H,5-7,16H2,1-4H3/t9-,14-/m1/s1. The Morgan fingerprint density at radius 2 is 2.10 bits per heavy atom. The molecular formula is C15H23N3OS. The van der Waals surface area contributed by atoms with Crippen LogP contribution in [0, 0.1) is 11.3 Å². The van der Waals surface area contributed by atoms with Gasteiger partial charge in [0.1, 0.15) is 10.8 Å². The number of nitrogens with two attached hydrogens (primary N) is 1. The number of hydrazine groups is 1. The van der Waals surface area contributed by atoms with Gasteiger partial charge in [0, 0.05) is 10.4 Å². The first-order chi connectivity index (χ1) is 9.29.